The average molecular weight is 386 g/mol. The number of nitrogens with zero attached hydrogens (tertiary/aromatic N) is 4. The minimum Gasteiger partial charge on any atom is -0.481 e. The molecule has 2 aliphatic rings. The summed E-state index contributed by atoms with van der Waals surface area (Å²) in [6, 6.07) is 6.48. The fraction of sp³-hybridized carbons (Fsp3) is 0.450. The Balaban J connectivity index is 1.43. The molecular weight excluding hydrogens is 363 g/mol. The van der Waals surface area contributed by atoms with E-state index in [0.29, 0.717) is 38.2 Å². The molecule has 1 atom stereocenters. The van der Waals surface area contributed by atoms with Gasteiger partial charge in [-0.05, 0) is 25.0 Å². The highest BCUT2D eigenvalue weighted by atomic mass is 19.1. The number of rotatable bonds is 4. The smallest absolute Gasteiger partial charge is 0.309 e. The van der Waals surface area contributed by atoms with Crippen LogP contribution in [0.4, 0.5) is 4.39 Å². The minimum absolute atomic E-state index is 0.0846. The number of carbonyl (C=O) groups is 2. The number of carboxylic acid groups (broad SMARTS) is 1. The van der Waals surface area contributed by atoms with Crippen molar-refractivity contribution >= 4 is 11.9 Å². The first kappa shape index (κ1) is 18.6. The molecule has 2 aliphatic heterocycles. The number of likely N-dealkylation sites (tertiary alicyclic amines) is 2. The topological polar surface area (TPSA) is 78.7 Å². The van der Waals surface area contributed by atoms with Gasteiger partial charge in [0.05, 0.1) is 17.7 Å². The Morgan fingerprint density at radius 3 is 2.71 bits per heavy atom. The molecule has 0 saturated carbocycles. The Kier molecular flexibility index (Phi) is 4.66. The summed E-state index contributed by atoms with van der Waals surface area (Å²) < 4.78 is 15.5. The largest absolute Gasteiger partial charge is 0.481 e. The van der Waals surface area contributed by atoms with Gasteiger partial charge in [0.1, 0.15) is 11.5 Å². The van der Waals surface area contributed by atoms with Crippen LogP contribution in [-0.4, -0.2) is 62.2 Å². The maximum Gasteiger partial charge on any atom is 0.309 e. The van der Waals surface area contributed by atoms with E-state index in [1.807, 2.05) is 6.20 Å². The summed E-state index contributed by atoms with van der Waals surface area (Å²) in [5.41, 5.74) is 0.781. The molecule has 7 nitrogen and oxygen atoms in total. The van der Waals surface area contributed by atoms with Gasteiger partial charge in [-0.1, -0.05) is 12.1 Å². The molecule has 8 heteroatoms. The van der Waals surface area contributed by atoms with E-state index in [9.17, 15) is 19.1 Å². The van der Waals surface area contributed by atoms with Crippen molar-refractivity contribution in [1.29, 1.82) is 0 Å². The predicted octanol–water partition coefficient (Wildman–Crippen LogP) is 1.91. The number of carboxylic acids is 1. The quantitative estimate of drug-likeness (QED) is 0.869. The molecule has 1 N–H and O–H groups in total. The number of aliphatic carboxylic acids is 1. The molecule has 0 aliphatic carbocycles. The molecule has 0 unspecified atom stereocenters. The Morgan fingerprint density at radius 2 is 2.04 bits per heavy atom. The van der Waals surface area contributed by atoms with E-state index in [2.05, 4.69) is 10.00 Å². The fourth-order valence-corrected chi connectivity index (χ4v) is 4.55. The van der Waals surface area contributed by atoms with Crippen LogP contribution < -0.4 is 0 Å². The van der Waals surface area contributed by atoms with E-state index >= 15 is 0 Å². The van der Waals surface area contributed by atoms with Gasteiger partial charge in [0.2, 0.25) is 5.91 Å². The number of aromatic nitrogens is 2. The van der Waals surface area contributed by atoms with Crippen molar-refractivity contribution in [2.45, 2.75) is 31.3 Å². The van der Waals surface area contributed by atoms with Gasteiger partial charge >= 0.3 is 5.97 Å². The highest BCUT2D eigenvalue weighted by Crippen LogP contribution is 2.43. The molecule has 28 heavy (non-hydrogen) atoms. The lowest BCUT2D eigenvalue weighted by Crippen LogP contribution is -2.55. The van der Waals surface area contributed by atoms with Gasteiger partial charge in [-0.15, -0.1) is 0 Å². The van der Waals surface area contributed by atoms with Gasteiger partial charge in [0.25, 0.3) is 0 Å². The summed E-state index contributed by atoms with van der Waals surface area (Å²) in [7, 11) is 1.72. The molecule has 4 rings (SSSR count). The first-order valence-electron chi connectivity index (χ1n) is 9.41. The lowest BCUT2D eigenvalue weighted by atomic mass is 9.77. The molecular formula is C20H23FN4O3. The highest BCUT2D eigenvalue weighted by Gasteiger charge is 2.55. The molecule has 2 fully saturated rings. The van der Waals surface area contributed by atoms with Gasteiger partial charge in [0, 0.05) is 44.9 Å². The first-order chi connectivity index (χ1) is 13.4. The summed E-state index contributed by atoms with van der Waals surface area (Å²) in [6.45, 7) is 2.05. The van der Waals surface area contributed by atoms with Crippen LogP contribution in [0.3, 0.4) is 0 Å². The lowest BCUT2D eigenvalue weighted by Gasteiger charge is -2.45. The number of piperidine rings is 1. The fourth-order valence-electron chi connectivity index (χ4n) is 4.55. The second kappa shape index (κ2) is 7.01. The summed E-state index contributed by atoms with van der Waals surface area (Å²) in [4.78, 5) is 27.7. The third kappa shape index (κ3) is 3.07. The Bertz CT molecular complexity index is 904. The van der Waals surface area contributed by atoms with Gasteiger partial charge in [-0.25, -0.2) is 9.07 Å². The Morgan fingerprint density at radius 1 is 1.32 bits per heavy atom. The SMILES string of the molecule is CN1C(=O)C[C@@H](C(=O)O)C12CCN(Cc1cnn(-c3ccccc3F)c1)CC2. The van der Waals surface area contributed by atoms with E-state index in [1.165, 1.54) is 10.7 Å². The zero-order chi connectivity index (χ0) is 19.9. The maximum atomic E-state index is 13.9. The van der Waals surface area contributed by atoms with E-state index in [4.69, 9.17) is 0 Å². The van der Waals surface area contributed by atoms with Crippen LogP contribution in [0.5, 0.6) is 0 Å². The molecule has 3 heterocycles. The molecule has 1 amide bonds. The van der Waals surface area contributed by atoms with Crippen molar-refractivity contribution in [2.75, 3.05) is 20.1 Å². The van der Waals surface area contributed by atoms with Crippen LogP contribution in [-0.2, 0) is 16.1 Å². The minimum atomic E-state index is -0.891. The molecule has 148 valence electrons. The number of carbonyl (C=O) groups excluding carboxylic acids is 1. The average Bonchev–Trinajstić information content (AvgIpc) is 3.23. The van der Waals surface area contributed by atoms with Gasteiger partial charge in [-0.3, -0.25) is 14.5 Å². The highest BCUT2D eigenvalue weighted by molar-refractivity contribution is 5.88. The van der Waals surface area contributed by atoms with E-state index in [1.54, 1.807) is 36.3 Å². The predicted molar refractivity (Wildman–Crippen MR) is 99.3 cm³/mol. The van der Waals surface area contributed by atoms with Crippen LogP contribution in [0.15, 0.2) is 36.7 Å². The van der Waals surface area contributed by atoms with Crippen LogP contribution in [0.2, 0.25) is 0 Å². The van der Waals surface area contributed by atoms with Crippen LogP contribution in [0.25, 0.3) is 5.69 Å². The van der Waals surface area contributed by atoms with Crippen molar-refractivity contribution in [3.05, 3.63) is 48.0 Å². The molecule has 1 aromatic heterocycles. The molecule has 1 spiro atoms. The lowest BCUT2D eigenvalue weighted by molar-refractivity contribution is -0.146. The number of para-hydroxylation sites is 1. The summed E-state index contributed by atoms with van der Waals surface area (Å²) in [5, 5.41) is 13.8. The maximum absolute atomic E-state index is 13.9. The number of halogens is 1. The third-order valence-corrected chi connectivity index (χ3v) is 6.23. The van der Waals surface area contributed by atoms with Crippen LogP contribution in [0.1, 0.15) is 24.8 Å². The molecule has 2 saturated heterocycles. The number of benzene rings is 1. The van der Waals surface area contributed by atoms with Crippen molar-refractivity contribution in [2.24, 2.45) is 5.92 Å². The Hall–Kier alpha value is -2.74. The zero-order valence-corrected chi connectivity index (χ0v) is 15.7. The third-order valence-electron chi connectivity index (χ3n) is 6.23. The number of hydrogen-bond acceptors (Lipinski definition) is 4. The first-order valence-corrected chi connectivity index (χ1v) is 9.41. The van der Waals surface area contributed by atoms with Crippen molar-refractivity contribution in [3.63, 3.8) is 0 Å². The second-order valence-corrected chi connectivity index (χ2v) is 7.67. The van der Waals surface area contributed by atoms with E-state index in [0.717, 1.165) is 5.56 Å². The van der Waals surface area contributed by atoms with Crippen molar-refractivity contribution in [1.82, 2.24) is 19.6 Å². The molecule has 2 aromatic rings. The molecule has 0 bridgehead atoms. The summed E-state index contributed by atoms with van der Waals surface area (Å²) >= 11 is 0. The van der Waals surface area contributed by atoms with Crippen molar-refractivity contribution < 1.29 is 19.1 Å². The van der Waals surface area contributed by atoms with Crippen LogP contribution in [0, 0.1) is 11.7 Å². The monoisotopic (exact) mass is 386 g/mol. The standard InChI is InChI=1S/C20H23FN4O3/c1-23-18(26)10-15(19(27)28)20(23)6-8-24(9-7-20)12-14-11-22-25(13-14)17-5-3-2-4-16(17)21/h2-5,11,13,15H,6-10,12H2,1H3,(H,27,28)/t15-/m0/s1. The number of amides is 1. The van der Waals surface area contributed by atoms with Gasteiger partial charge in [-0.2, -0.15) is 5.10 Å². The molecule has 1 aromatic carbocycles. The van der Waals surface area contributed by atoms with Gasteiger partial charge in [0.15, 0.2) is 0 Å². The zero-order valence-electron chi connectivity index (χ0n) is 15.7. The molecule has 0 radical (unpaired) electrons. The summed E-state index contributed by atoms with van der Waals surface area (Å²) in [5.74, 6) is -1.95. The van der Waals surface area contributed by atoms with E-state index < -0.39 is 17.4 Å². The summed E-state index contributed by atoms with van der Waals surface area (Å²) in [6.07, 6.45) is 4.89. The number of hydrogen-bond donors (Lipinski definition) is 1. The van der Waals surface area contributed by atoms with E-state index in [-0.39, 0.29) is 18.1 Å². The normalized spacial score (nSPS) is 22.1. The van der Waals surface area contributed by atoms with Crippen LogP contribution >= 0.6 is 0 Å². The van der Waals surface area contributed by atoms with Crippen molar-refractivity contribution in [3.8, 4) is 5.69 Å². The van der Waals surface area contributed by atoms with Gasteiger partial charge < -0.3 is 10.0 Å². The second-order valence-electron chi connectivity index (χ2n) is 7.67. The Labute approximate surface area is 162 Å².